The summed E-state index contributed by atoms with van der Waals surface area (Å²) >= 11 is 0. The van der Waals surface area contributed by atoms with E-state index in [2.05, 4.69) is 15.7 Å². The van der Waals surface area contributed by atoms with Gasteiger partial charge in [0.25, 0.3) is 5.91 Å². The first-order valence-corrected chi connectivity index (χ1v) is 11.8. The molecule has 1 aromatic heterocycles. The summed E-state index contributed by atoms with van der Waals surface area (Å²) in [6.45, 7) is 5.38. The minimum atomic E-state index is -1.24. The Morgan fingerprint density at radius 2 is 1.67 bits per heavy atom. The van der Waals surface area contributed by atoms with E-state index in [4.69, 9.17) is 0 Å². The highest BCUT2D eigenvalue weighted by Gasteiger charge is 2.49. The number of amides is 4. The molecule has 182 valence electrons. The molecule has 0 radical (unpaired) electrons. The number of hydrogen-bond donors (Lipinski definition) is 2. The third-order valence-corrected chi connectivity index (χ3v) is 6.81. The van der Waals surface area contributed by atoms with Crippen LogP contribution in [-0.2, 0) is 21.7 Å². The molecule has 0 aliphatic carbocycles. The number of para-hydroxylation sites is 1. The van der Waals surface area contributed by atoms with Crippen LogP contribution in [0.1, 0.15) is 29.4 Å². The Labute approximate surface area is 208 Å². The van der Waals surface area contributed by atoms with Gasteiger partial charge >= 0.3 is 6.03 Å². The second-order valence-corrected chi connectivity index (χ2v) is 9.18. The molecule has 1 aliphatic heterocycles. The zero-order chi connectivity index (χ0) is 25.4. The van der Waals surface area contributed by atoms with Gasteiger partial charge in [-0.05, 0) is 55.3 Å². The molecule has 2 N–H and O–H groups in total. The van der Waals surface area contributed by atoms with E-state index in [1.165, 1.54) is 0 Å². The Bertz CT molecular complexity index is 1490. The van der Waals surface area contributed by atoms with Crippen LogP contribution in [0, 0.1) is 13.8 Å². The first-order chi connectivity index (χ1) is 17.3. The molecule has 1 aliphatic rings. The van der Waals surface area contributed by atoms with Crippen LogP contribution in [0.5, 0.6) is 0 Å². The number of carbonyl (C=O) groups is 3. The summed E-state index contributed by atoms with van der Waals surface area (Å²) in [6.07, 6.45) is 0. The summed E-state index contributed by atoms with van der Waals surface area (Å²) in [6, 6.07) is 22.6. The van der Waals surface area contributed by atoms with Gasteiger partial charge in [0, 0.05) is 17.8 Å². The molecule has 0 saturated carbocycles. The number of nitrogens with one attached hydrogen (secondary N) is 2. The highest BCUT2D eigenvalue weighted by Crippen LogP contribution is 2.31. The van der Waals surface area contributed by atoms with Crippen molar-refractivity contribution in [3.8, 4) is 5.69 Å². The van der Waals surface area contributed by atoms with E-state index in [0.29, 0.717) is 5.56 Å². The normalized spacial score (nSPS) is 17.5. The lowest BCUT2D eigenvalue weighted by molar-refractivity contribution is -0.134. The van der Waals surface area contributed by atoms with Crippen molar-refractivity contribution in [2.75, 3.05) is 6.54 Å². The number of urea groups is 1. The average Bonchev–Trinajstić information content (AvgIpc) is 3.29. The van der Waals surface area contributed by atoms with Crippen LogP contribution in [0.15, 0.2) is 72.8 Å². The molecule has 1 fully saturated rings. The van der Waals surface area contributed by atoms with Crippen molar-refractivity contribution in [1.82, 2.24) is 25.3 Å². The number of imide groups is 1. The number of nitrogens with zero attached hydrogens (tertiary/aromatic N) is 3. The van der Waals surface area contributed by atoms with Crippen LogP contribution in [0.2, 0.25) is 0 Å². The molecule has 2 heterocycles. The number of aryl methyl sites for hydroxylation is 1. The second-order valence-electron chi connectivity index (χ2n) is 9.18. The van der Waals surface area contributed by atoms with Crippen molar-refractivity contribution in [2.45, 2.75) is 32.9 Å². The highest BCUT2D eigenvalue weighted by atomic mass is 16.2. The van der Waals surface area contributed by atoms with Gasteiger partial charge in [0.1, 0.15) is 12.1 Å². The Morgan fingerprint density at radius 1 is 0.972 bits per heavy atom. The molecule has 8 heteroatoms. The Balaban J connectivity index is 1.28. The van der Waals surface area contributed by atoms with Gasteiger partial charge in [-0.1, -0.05) is 54.6 Å². The van der Waals surface area contributed by atoms with Crippen LogP contribution < -0.4 is 10.6 Å². The summed E-state index contributed by atoms with van der Waals surface area (Å²) in [5.74, 6) is -0.880. The molecule has 4 amide bonds. The highest BCUT2D eigenvalue weighted by molar-refractivity contribution is 6.09. The van der Waals surface area contributed by atoms with Gasteiger partial charge in [0.05, 0.1) is 11.4 Å². The molecule has 36 heavy (non-hydrogen) atoms. The van der Waals surface area contributed by atoms with Crippen LogP contribution in [-0.4, -0.2) is 39.1 Å². The van der Waals surface area contributed by atoms with Crippen LogP contribution in [0.25, 0.3) is 16.5 Å². The predicted molar refractivity (Wildman–Crippen MR) is 136 cm³/mol. The summed E-state index contributed by atoms with van der Waals surface area (Å²) in [4.78, 5) is 39.8. The number of aromatic nitrogens is 2. The van der Waals surface area contributed by atoms with Gasteiger partial charge in [0.15, 0.2) is 0 Å². The fourth-order valence-corrected chi connectivity index (χ4v) is 4.67. The Hall–Kier alpha value is -4.46. The van der Waals surface area contributed by atoms with Crippen molar-refractivity contribution in [3.63, 3.8) is 0 Å². The second kappa shape index (κ2) is 8.96. The van der Waals surface area contributed by atoms with Crippen molar-refractivity contribution in [1.29, 1.82) is 0 Å². The van der Waals surface area contributed by atoms with Crippen molar-refractivity contribution in [2.24, 2.45) is 0 Å². The van der Waals surface area contributed by atoms with Crippen LogP contribution in [0.4, 0.5) is 4.79 Å². The van der Waals surface area contributed by atoms with Crippen LogP contribution in [0.3, 0.4) is 0 Å². The topological polar surface area (TPSA) is 96.3 Å². The largest absolute Gasteiger partial charge is 0.350 e. The molecular formula is C28H27N5O3. The van der Waals surface area contributed by atoms with E-state index in [-0.39, 0.29) is 13.1 Å². The maximum Gasteiger partial charge on any atom is 0.325 e. The zero-order valence-corrected chi connectivity index (χ0v) is 20.4. The van der Waals surface area contributed by atoms with Crippen molar-refractivity contribution >= 4 is 28.6 Å². The molecule has 1 atom stereocenters. The zero-order valence-electron chi connectivity index (χ0n) is 20.4. The smallest absolute Gasteiger partial charge is 0.325 e. The molecule has 1 unspecified atom stereocenters. The number of benzene rings is 3. The molecule has 0 spiro atoms. The molecule has 4 aromatic rings. The molecule has 0 bridgehead atoms. The molecule has 8 nitrogen and oxygen atoms in total. The SMILES string of the molecule is Cc1nn(-c2ccccc2)c(C)c1CNC(=O)CN1C(=O)NC(C)(c2ccc3ccccc3c2)C1=O. The molecule has 3 aromatic carbocycles. The fourth-order valence-electron chi connectivity index (χ4n) is 4.67. The lowest BCUT2D eigenvalue weighted by atomic mass is 9.90. The minimum Gasteiger partial charge on any atom is -0.350 e. The predicted octanol–water partition coefficient (Wildman–Crippen LogP) is 3.73. The number of hydrogen-bond acceptors (Lipinski definition) is 4. The monoisotopic (exact) mass is 481 g/mol. The summed E-state index contributed by atoms with van der Waals surface area (Å²) in [5.41, 5.74) is 2.97. The lowest BCUT2D eigenvalue weighted by Crippen LogP contribution is -2.43. The first kappa shape index (κ1) is 23.3. The maximum absolute atomic E-state index is 13.3. The standard InChI is InChI=1S/C28H27N5O3/c1-18-24(19(2)33(31-18)23-11-5-4-6-12-23)16-29-25(34)17-32-26(35)28(3,30-27(32)36)22-14-13-20-9-7-8-10-21(20)15-22/h4-15H,16-17H2,1-3H3,(H,29,34)(H,30,36). The van der Waals surface area contributed by atoms with Crippen molar-refractivity contribution in [3.05, 3.63) is 95.3 Å². The first-order valence-electron chi connectivity index (χ1n) is 11.8. The van der Waals surface area contributed by atoms with E-state index in [0.717, 1.165) is 38.3 Å². The molecular weight excluding hydrogens is 454 g/mol. The average molecular weight is 482 g/mol. The number of fused-ring (bicyclic) bond motifs is 1. The van der Waals surface area contributed by atoms with Crippen molar-refractivity contribution < 1.29 is 14.4 Å². The van der Waals surface area contributed by atoms with E-state index in [9.17, 15) is 14.4 Å². The quantitative estimate of drug-likeness (QED) is 0.410. The van der Waals surface area contributed by atoms with E-state index >= 15 is 0 Å². The third-order valence-electron chi connectivity index (χ3n) is 6.81. The van der Waals surface area contributed by atoms with E-state index in [1.54, 1.807) is 6.92 Å². The van der Waals surface area contributed by atoms with Gasteiger partial charge in [-0.2, -0.15) is 5.10 Å². The summed E-state index contributed by atoms with van der Waals surface area (Å²) < 4.78 is 1.84. The third kappa shape index (κ3) is 4.00. The minimum absolute atomic E-state index is 0.245. The summed E-state index contributed by atoms with van der Waals surface area (Å²) in [5, 5.41) is 12.2. The summed E-state index contributed by atoms with van der Waals surface area (Å²) in [7, 11) is 0. The van der Waals surface area contributed by atoms with Gasteiger partial charge < -0.3 is 10.6 Å². The number of carbonyl (C=O) groups excluding carboxylic acids is 3. The van der Waals surface area contributed by atoms with E-state index < -0.39 is 23.4 Å². The Kier molecular flexibility index (Phi) is 5.80. The van der Waals surface area contributed by atoms with Crippen LogP contribution >= 0.6 is 0 Å². The lowest BCUT2D eigenvalue weighted by Gasteiger charge is -2.22. The van der Waals surface area contributed by atoms with Gasteiger partial charge in [0.2, 0.25) is 5.91 Å². The van der Waals surface area contributed by atoms with Gasteiger partial charge in [-0.3, -0.25) is 14.5 Å². The van der Waals surface area contributed by atoms with Gasteiger partial charge in [-0.15, -0.1) is 0 Å². The number of rotatable bonds is 6. The fraction of sp³-hybridized carbons (Fsp3) is 0.214. The Morgan fingerprint density at radius 3 is 2.42 bits per heavy atom. The maximum atomic E-state index is 13.3. The van der Waals surface area contributed by atoms with Gasteiger partial charge in [-0.25, -0.2) is 9.48 Å². The molecule has 1 saturated heterocycles. The molecule has 5 rings (SSSR count). The van der Waals surface area contributed by atoms with E-state index in [1.807, 2.05) is 91.3 Å².